The van der Waals surface area contributed by atoms with Crippen LogP contribution in [0.3, 0.4) is 0 Å². The van der Waals surface area contributed by atoms with E-state index in [2.05, 4.69) is 5.32 Å². The molecule has 0 amide bonds. The van der Waals surface area contributed by atoms with Crippen LogP contribution in [-0.2, 0) is 9.53 Å². The molecule has 0 fully saturated rings. The molecule has 150 valence electrons. The summed E-state index contributed by atoms with van der Waals surface area (Å²) in [6.07, 6.45) is 0. The predicted octanol–water partition coefficient (Wildman–Crippen LogP) is 4.78. The molecule has 1 unspecified atom stereocenters. The standard InChI is InChI=1S/C19H15Cl2N3O4S/c1-10-16(18(25)28-2)17(11-3-8-14(21)15(9-11)24(26)27)22-19(29)23(10)13-6-4-12(20)5-7-13/h3-9,17H,1-2H3,(H,22,29). The van der Waals surface area contributed by atoms with E-state index in [0.717, 1.165) is 0 Å². The Bertz CT molecular complexity index is 1040. The maximum atomic E-state index is 12.6. The van der Waals surface area contributed by atoms with Gasteiger partial charge in [-0.15, -0.1) is 0 Å². The summed E-state index contributed by atoms with van der Waals surface area (Å²) in [5, 5.41) is 15.2. The third-order valence-corrected chi connectivity index (χ3v) is 5.35. The fourth-order valence-electron chi connectivity index (χ4n) is 3.12. The minimum absolute atomic E-state index is 0.000228. The van der Waals surface area contributed by atoms with Gasteiger partial charge in [-0.2, -0.15) is 0 Å². The molecule has 2 aromatic carbocycles. The lowest BCUT2D eigenvalue weighted by atomic mass is 9.94. The van der Waals surface area contributed by atoms with Crippen molar-refractivity contribution in [2.45, 2.75) is 13.0 Å². The number of esters is 1. The number of carbonyl (C=O) groups is 1. The van der Waals surface area contributed by atoms with Gasteiger partial charge in [0, 0.05) is 22.5 Å². The van der Waals surface area contributed by atoms with Crippen molar-refractivity contribution in [3.05, 3.63) is 79.5 Å². The first-order valence-corrected chi connectivity index (χ1v) is 9.50. The summed E-state index contributed by atoms with van der Waals surface area (Å²) in [7, 11) is 1.27. The molecule has 0 saturated heterocycles. The number of ether oxygens (including phenoxy) is 1. The molecule has 2 aromatic rings. The lowest BCUT2D eigenvalue weighted by Gasteiger charge is -2.37. The number of methoxy groups -OCH3 is 1. The van der Waals surface area contributed by atoms with E-state index in [-0.39, 0.29) is 16.3 Å². The maximum Gasteiger partial charge on any atom is 0.337 e. The van der Waals surface area contributed by atoms with Gasteiger partial charge in [-0.1, -0.05) is 29.3 Å². The SMILES string of the molecule is COC(=O)C1=C(C)N(c2ccc(Cl)cc2)C(=S)NC1c1ccc(Cl)c([N+](=O)[O-])c1. The number of nitro groups is 1. The van der Waals surface area contributed by atoms with Crippen molar-refractivity contribution in [3.8, 4) is 0 Å². The van der Waals surface area contributed by atoms with Gasteiger partial charge in [-0.3, -0.25) is 15.0 Å². The molecule has 1 heterocycles. The van der Waals surface area contributed by atoms with Crippen molar-refractivity contribution < 1.29 is 14.5 Å². The normalized spacial score (nSPS) is 16.5. The van der Waals surface area contributed by atoms with Crippen LogP contribution in [0, 0.1) is 10.1 Å². The molecule has 1 N–H and O–H groups in total. The quantitative estimate of drug-likeness (QED) is 0.309. The first-order chi connectivity index (χ1) is 13.7. The maximum absolute atomic E-state index is 12.6. The van der Waals surface area contributed by atoms with Crippen LogP contribution in [-0.4, -0.2) is 23.1 Å². The molecule has 0 bridgehead atoms. The number of carbonyl (C=O) groups excluding carboxylic acids is 1. The molecule has 0 spiro atoms. The van der Waals surface area contributed by atoms with E-state index in [0.29, 0.717) is 27.1 Å². The molecule has 0 radical (unpaired) electrons. The smallest absolute Gasteiger partial charge is 0.337 e. The number of anilines is 1. The van der Waals surface area contributed by atoms with Crippen molar-refractivity contribution in [2.75, 3.05) is 12.0 Å². The number of benzene rings is 2. The minimum Gasteiger partial charge on any atom is -0.466 e. The second-order valence-electron chi connectivity index (χ2n) is 6.15. The van der Waals surface area contributed by atoms with Crippen LogP contribution in [0.5, 0.6) is 0 Å². The average molecular weight is 452 g/mol. The molecular weight excluding hydrogens is 437 g/mol. The number of allylic oxidation sites excluding steroid dienone is 1. The number of halogens is 2. The Hall–Kier alpha value is -2.68. The number of nitrogens with one attached hydrogen (secondary N) is 1. The van der Waals surface area contributed by atoms with Crippen molar-refractivity contribution in [2.24, 2.45) is 0 Å². The predicted molar refractivity (Wildman–Crippen MR) is 115 cm³/mol. The molecule has 7 nitrogen and oxygen atoms in total. The van der Waals surface area contributed by atoms with E-state index in [4.69, 9.17) is 40.2 Å². The van der Waals surface area contributed by atoms with Crippen molar-refractivity contribution in [1.29, 1.82) is 0 Å². The highest BCUT2D eigenvalue weighted by Gasteiger charge is 2.36. The van der Waals surface area contributed by atoms with E-state index in [9.17, 15) is 14.9 Å². The van der Waals surface area contributed by atoms with Gasteiger partial charge < -0.3 is 10.1 Å². The van der Waals surface area contributed by atoms with E-state index in [1.54, 1.807) is 42.2 Å². The van der Waals surface area contributed by atoms with Crippen LogP contribution in [0.4, 0.5) is 11.4 Å². The summed E-state index contributed by atoms with van der Waals surface area (Å²) in [4.78, 5) is 25.0. The Morgan fingerprint density at radius 1 is 1.24 bits per heavy atom. The van der Waals surface area contributed by atoms with Crippen LogP contribution in [0.1, 0.15) is 18.5 Å². The summed E-state index contributed by atoms with van der Waals surface area (Å²) in [6, 6.07) is 10.5. The van der Waals surface area contributed by atoms with Gasteiger partial charge in [0.2, 0.25) is 0 Å². The van der Waals surface area contributed by atoms with Crippen molar-refractivity contribution in [1.82, 2.24) is 5.32 Å². The number of hydrogen-bond acceptors (Lipinski definition) is 5. The summed E-state index contributed by atoms with van der Waals surface area (Å²) in [5.74, 6) is -0.584. The highest BCUT2D eigenvalue weighted by atomic mass is 35.5. The lowest BCUT2D eigenvalue weighted by molar-refractivity contribution is -0.384. The van der Waals surface area contributed by atoms with E-state index >= 15 is 0 Å². The number of nitro benzene ring substituents is 1. The minimum atomic E-state index is -0.741. The largest absolute Gasteiger partial charge is 0.466 e. The highest BCUT2D eigenvalue weighted by molar-refractivity contribution is 7.80. The molecule has 1 aliphatic rings. The third kappa shape index (κ3) is 4.05. The topological polar surface area (TPSA) is 84.7 Å². The zero-order valence-electron chi connectivity index (χ0n) is 15.3. The summed E-state index contributed by atoms with van der Waals surface area (Å²) < 4.78 is 4.96. The van der Waals surface area contributed by atoms with Crippen LogP contribution < -0.4 is 10.2 Å². The number of hydrogen-bond donors (Lipinski definition) is 1. The molecule has 1 atom stereocenters. The monoisotopic (exact) mass is 451 g/mol. The molecule has 1 aliphatic heterocycles. The number of nitrogens with zero attached hydrogens (tertiary/aromatic N) is 2. The molecule has 29 heavy (non-hydrogen) atoms. The molecule has 0 aliphatic carbocycles. The molecule has 10 heteroatoms. The van der Waals surface area contributed by atoms with Crippen molar-refractivity contribution in [3.63, 3.8) is 0 Å². The zero-order chi connectivity index (χ0) is 21.3. The Morgan fingerprint density at radius 3 is 2.48 bits per heavy atom. The van der Waals surface area contributed by atoms with Crippen molar-refractivity contribution >= 4 is 57.9 Å². The van der Waals surface area contributed by atoms with Gasteiger partial charge in [-0.05, 0) is 55.0 Å². The molecular formula is C19H15Cl2N3O4S. The summed E-state index contributed by atoms with van der Waals surface area (Å²) in [6.45, 7) is 1.73. The second kappa shape index (κ2) is 8.36. The Balaban J connectivity index is 2.15. The van der Waals surface area contributed by atoms with Gasteiger partial charge >= 0.3 is 5.97 Å². The second-order valence-corrected chi connectivity index (χ2v) is 7.38. The van der Waals surface area contributed by atoms with E-state index in [1.807, 2.05) is 0 Å². The van der Waals surface area contributed by atoms with Crippen LogP contribution >= 0.6 is 35.4 Å². The van der Waals surface area contributed by atoms with Gasteiger partial charge in [0.05, 0.1) is 23.6 Å². The molecule has 0 saturated carbocycles. The van der Waals surface area contributed by atoms with E-state index in [1.165, 1.54) is 19.2 Å². The fourth-order valence-corrected chi connectivity index (χ4v) is 3.79. The van der Waals surface area contributed by atoms with Crippen LogP contribution in [0.15, 0.2) is 53.7 Å². The van der Waals surface area contributed by atoms with Gasteiger partial charge in [0.25, 0.3) is 5.69 Å². The Kier molecular flexibility index (Phi) is 6.07. The Labute approximate surface area is 182 Å². The third-order valence-electron chi connectivity index (χ3n) is 4.48. The fraction of sp³-hybridized carbons (Fsp3) is 0.158. The lowest BCUT2D eigenvalue weighted by Crippen LogP contribution is -2.48. The number of thiocarbonyl (C=S) groups is 1. The first kappa shape index (κ1) is 21.0. The number of rotatable bonds is 4. The average Bonchev–Trinajstić information content (AvgIpc) is 2.68. The molecule has 0 aromatic heterocycles. The van der Waals surface area contributed by atoms with Gasteiger partial charge in [-0.25, -0.2) is 4.79 Å². The van der Waals surface area contributed by atoms with Gasteiger partial charge in [0.15, 0.2) is 5.11 Å². The van der Waals surface area contributed by atoms with Crippen LogP contribution in [0.2, 0.25) is 10.0 Å². The highest BCUT2D eigenvalue weighted by Crippen LogP contribution is 2.36. The summed E-state index contributed by atoms with van der Waals surface area (Å²) in [5.41, 5.74) is 1.70. The van der Waals surface area contributed by atoms with Crippen LogP contribution in [0.25, 0.3) is 0 Å². The zero-order valence-corrected chi connectivity index (χ0v) is 17.6. The van der Waals surface area contributed by atoms with E-state index < -0.39 is 16.9 Å². The molecule has 3 rings (SSSR count). The summed E-state index contributed by atoms with van der Waals surface area (Å²) >= 11 is 17.4. The Morgan fingerprint density at radius 2 is 1.90 bits per heavy atom. The first-order valence-electron chi connectivity index (χ1n) is 8.33. The van der Waals surface area contributed by atoms with Gasteiger partial charge in [0.1, 0.15) is 5.02 Å².